The number of ether oxygens (including phenoxy) is 1. The van der Waals surface area contributed by atoms with Gasteiger partial charge in [-0.25, -0.2) is 13.1 Å². The van der Waals surface area contributed by atoms with Crippen LogP contribution in [-0.4, -0.2) is 46.6 Å². The largest absolute Gasteiger partial charge is 0.490 e. The van der Waals surface area contributed by atoms with E-state index in [0.717, 1.165) is 0 Å². The summed E-state index contributed by atoms with van der Waals surface area (Å²) in [5, 5.41) is 0. The van der Waals surface area contributed by atoms with Crippen LogP contribution in [0.3, 0.4) is 0 Å². The molecule has 6 nitrogen and oxygen atoms in total. The van der Waals surface area contributed by atoms with Crippen molar-refractivity contribution in [3.05, 3.63) is 18.2 Å². The van der Waals surface area contributed by atoms with Crippen molar-refractivity contribution in [3.8, 4) is 5.75 Å². The number of rotatable bonds is 6. The minimum absolute atomic E-state index is 0.122. The van der Waals surface area contributed by atoms with E-state index in [0.29, 0.717) is 18.0 Å². The lowest BCUT2D eigenvalue weighted by Crippen LogP contribution is -2.43. The molecule has 0 heterocycles. The number of nitrogens with zero attached hydrogens (tertiary/aromatic N) is 1. The number of likely N-dealkylation sites (N-methyl/N-ethyl adjacent to an activating group) is 1. The van der Waals surface area contributed by atoms with Crippen molar-refractivity contribution in [2.45, 2.75) is 24.3 Å². The van der Waals surface area contributed by atoms with Crippen molar-refractivity contribution in [3.63, 3.8) is 0 Å². The second-order valence-corrected chi connectivity index (χ2v) is 7.29. The molecule has 7 heteroatoms. The zero-order valence-corrected chi connectivity index (χ0v) is 13.4. The van der Waals surface area contributed by atoms with Gasteiger partial charge in [-0.15, -0.1) is 0 Å². The van der Waals surface area contributed by atoms with Crippen LogP contribution in [-0.2, 0) is 10.0 Å². The van der Waals surface area contributed by atoms with E-state index in [1.807, 2.05) is 32.8 Å². The number of sulfonamides is 1. The van der Waals surface area contributed by atoms with Crippen molar-refractivity contribution >= 4 is 15.7 Å². The monoisotopic (exact) mass is 301 g/mol. The zero-order valence-electron chi connectivity index (χ0n) is 12.6. The fraction of sp³-hybridized carbons (Fsp3) is 0.538. The highest BCUT2D eigenvalue weighted by Crippen LogP contribution is 2.26. The van der Waals surface area contributed by atoms with Crippen LogP contribution in [0.15, 0.2) is 23.1 Å². The average molecular weight is 301 g/mol. The summed E-state index contributed by atoms with van der Waals surface area (Å²) < 4.78 is 31.2. The number of nitrogens with one attached hydrogen (secondary N) is 1. The Morgan fingerprint density at radius 2 is 1.95 bits per heavy atom. The zero-order chi connectivity index (χ0) is 15.6. The van der Waals surface area contributed by atoms with E-state index >= 15 is 0 Å². The van der Waals surface area contributed by atoms with E-state index in [1.165, 1.54) is 19.2 Å². The van der Waals surface area contributed by atoms with Crippen LogP contribution in [0.5, 0.6) is 5.75 Å². The molecule has 114 valence electrons. The quantitative estimate of drug-likeness (QED) is 0.763. The number of benzene rings is 1. The summed E-state index contributed by atoms with van der Waals surface area (Å²) >= 11 is 0. The maximum Gasteiger partial charge on any atom is 0.240 e. The van der Waals surface area contributed by atoms with Crippen LogP contribution in [0.4, 0.5) is 5.69 Å². The van der Waals surface area contributed by atoms with E-state index in [4.69, 9.17) is 10.5 Å². The smallest absolute Gasteiger partial charge is 0.240 e. The summed E-state index contributed by atoms with van der Waals surface area (Å²) in [7, 11) is 1.80. The summed E-state index contributed by atoms with van der Waals surface area (Å²) in [5.74, 6) is 0.481. The third-order valence-electron chi connectivity index (χ3n) is 3.35. The molecule has 3 N–H and O–H groups in total. The van der Waals surface area contributed by atoms with Crippen molar-refractivity contribution in [2.75, 3.05) is 33.5 Å². The predicted molar refractivity (Wildman–Crippen MR) is 80.4 cm³/mol. The third kappa shape index (κ3) is 3.84. The van der Waals surface area contributed by atoms with Gasteiger partial charge in [0.05, 0.1) is 10.6 Å². The Bertz CT molecular complexity index is 568. The maximum atomic E-state index is 11.7. The molecule has 1 aromatic carbocycles. The van der Waals surface area contributed by atoms with Crippen LogP contribution >= 0.6 is 0 Å². The first-order valence-corrected chi connectivity index (χ1v) is 7.72. The Morgan fingerprint density at radius 1 is 1.35 bits per heavy atom. The number of nitrogens with two attached hydrogens (primary N) is 1. The molecular formula is C13H23N3O3S. The number of hydrogen-bond donors (Lipinski definition) is 2. The summed E-state index contributed by atoms with van der Waals surface area (Å²) in [6.07, 6.45) is 0. The lowest BCUT2D eigenvalue weighted by atomic mass is 10.1. The molecular weight excluding hydrogens is 278 g/mol. The van der Waals surface area contributed by atoms with Crippen LogP contribution in [0.1, 0.15) is 13.8 Å². The predicted octanol–water partition coefficient (Wildman–Crippen LogP) is 0.896. The molecule has 0 bridgehead atoms. The Labute approximate surface area is 121 Å². The minimum Gasteiger partial charge on any atom is -0.490 e. The van der Waals surface area contributed by atoms with Crippen molar-refractivity contribution in [1.29, 1.82) is 0 Å². The van der Waals surface area contributed by atoms with Gasteiger partial charge in [-0.2, -0.15) is 0 Å². The number of nitrogen functional groups attached to an aromatic ring is 1. The standard InChI is InChI=1S/C13H23N3O3S/c1-13(2,16(4)5)9-19-12-7-6-10(8-11(12)14)20(17,18)15-3/h6-8,15H,9,14H2,1-5H3. The SMILES string of the molecule is CNS(=O)(=O)c1ccc(OCC(C)(C)N(C)C)c(N)c1. The molecule has 0 atom stereocenters. The highest BCUT2D eigenvalue weighted by molar-refractivity contribution is 7.89. The van der Waals surface area contributed by atoms with E-state index in [9.17, 15) is 8.42 Å². The Balaban J connectivity index is 2.90. The van der Waals surface area contributed by atoms with Crippen molar-refractivity contribution in [2.24, 2.45) is 0 Å². The highest BCUT2D eigenvalue weighted by atomic mass is 32.2. The summed E-state index contributed by atoms with van der Waals surface area (Å²) in [6.45, 7) is 4.54. The second kappa shape index (κ2) is 5.99. The maximum absolute atomic E-state index is 11.7. The number of hydrogen-bond acceptors (Lipinski definition) is 5. The van der Waals surface area contributed by atoms with E-state index in [1.54, 1.807) is 6.07 Å². The molecule has 0 radical (unpaired) electrons. The van der Waals surface area contributed by atoms with Crippen LogP contribution < -0.4 is 15.2 Å². The molecule has 1 rings (SSSR count). The molecule has 0 aliphatic rings. The minimum atomic E-state index is -3.49. The van der Waals surface area contributed by atoms with E-state index in [2.05, 4.69) is 4.72 Å². The summed E-state index contributed by atoms with van der Waals surface area (Å²) in [6, 6.07) is 4.44. The topological polar surface area (TPSA) is 84.7 Å². The summed E-state index contributed by atoms with van der Waals surface area (Å²) in [4.78, 5) is 2.17. The Morgan fingerprint density at radius 3 is 2.40 bits per heavy atom. The molecule has 0 aromatic heterocycles. The van der Waals surface area contributed by atoms with E-state index in [-0.39, 0.29) is 10.4 Å². The van der Waals surface area contributed by atoms with Gasteiger partial charge in [-0.05, 0) is 53.2 Å². The lowest BCUT2D eigenvalue weighted by molar-refractivity contribution is 0.114. The normalized spacial score (nSPS) is 12.7. The fourth-order valence-electron chi connectivity index (χ4n) is 1.33. The van der Waals surface area contributed by atoms with Crippen molar-refractivity contribution in [1.82, 2.24) is 9.62 Å². The van der Waals surface area contributed by atoms with Gasteiger partial charge in [-0.3, -0.25) is 0 Å². The van der Waals surface area contributed by atoms with Gasteiger partial charge in [0.15, 0.2) is 0 Å². The Kier molecular flexibility index (Phi) is 5.01. The Hall–Kier alpha value is -1.31. The van der Waals surface area contributed by atoms with Gasteiger partial charge < -0.3 is 15.4 Å². The molecule has 1 aromatic rings. The first-order valence-electron chi connectivity index (χ1n) is 6.23. The highest BCUT2D eigenvalue weighted by Gasteiger charge is 2.22. The summed E-state index contributed by atoms with van der Waals surface area (Å²) in [5.41, 5.74) is 6.00. The molecule has 20 heavy (non-hydrogen) atoms. The van der Waals surface area contributed by atoms with Crippen LogP contribution in [0.25, 0.3) is 0 Å². The molecule has 0 aliphatic heterocycles. The first kappa shape index (κ1) is 16.7. The van der Waals surface area contributed by atoms with Gasteiger partial charge in [0.1, 0.15) is 12.4 Å². The molecule has 0 unspecified atom stereocenters. The molecule has 0 spiro atoms. The second-order valence-electron chi connectivity index (χ2n) is 5.40. The van der Waals surface area contributed by atoms with Gasteiger partial charge in [0, 0.05) is 5.54 Å². The van der Waals surface area contributed by atoms with E-state index < -0.39 is 10.0 Å². The molecule has 0 amide bonds. The van der Waals surface area contributed by atoms with Gasteiger partial charge in [0.2, 0.25) is 10.0 Å². The molecule has 0 aliphatic carbocycles. The van der Waals surface area contributed by atoms with Crippen molar-refractivity contribution < 1.29 is 13.2 Å². The third-order valence-corrected chi connectivity index (χ3v) is 4.76. The average Bonchev–Trinajstić information content (AvgIpc) is 2.37. The lowest BCUT2D eigenvalue weighted by Gasteiger charge is -2.32. The molecule has 0 fully saturated rings. The van der Waals surface area contributed by atoms with Crippen LogP contribution in [0.2, 0.25) is 0 Å². The first-order chi connectivity index (χ1) is 9.10. The number of anilines is 1. The van der Waals surface area contributed by atoms with Gasteiger partial charge in [0.25, 0.3) is 0 Å². The van der Waals surface area contributed by atoms with Crippen LogP contribution in [0, 0.1) is 0 Å². The fourth-order valence-corrected chi connectivity index (χ4v) is 2.09. The molecule has 0 saturated carbocycles. The van der Waals surface area contributed by atoms with Gasteiger partial charge in [-0.1, -0.05) is 0 Å². The van der Waals surface area contributed by atoms with Gasteiger partial charge >= 0.3 is 0 Å². The molecule has 0 saturated heterocycles.